The Morgan fingerprint density at radius 1 is 1.17 bits per heavy atom. The number of hydrogen-bond donors (Lipinski definition) is 2. The van der Waals surface area contributed by atoms with Gasteiger partial charge in [-0.1, -0.05) is 11.6 Å². The van der Waals surface area contributed by atoms with Gasteiger partial charge in [0.2, 0.25) is 0 Å². The van der Waals surface area contributed by atoms with E-state index in [1.165, 1.54) is 11.3 Å². The van der Waals surface area contributed by atoms with E-state index >= 15 is 0 Å². The van der Waals surface area contributed by atoms with Crippen molar-refractivity contribution in [2.75, 3.05) is 5.32 Å². The molecule has 0 aliphatic rings. The number of benzene rings is 1. The van der Waals surface area contributed by atoms with E-state index in [1.807, 2.05) is 0 Å². The Kier molecular flexibility index (Phi) is 3.64. The number of hydrogen-bond acceptors (Lipinski definition) is 3. The minimum Gasteiger partial charge on any atom is -0.366 e. The van der Waals surface area contributed by atoms with E-state index < -0.39 is 5.91 Å². The van der Waals surface area contributed by atoms with Crippen molar-refractivity contribution in [3.8, 4) is 0 Å². The molecular weight excluding hydrogens is 272 g/mol. The van der Waals surface area contributed by atoms with E-state index in [0.29, 0.717) is 21.2 Å². The Bertz CT molecular complexity index is 592. The summed E-state index contributed by atoms with van der Waals surface area (Å²) < 4.78 is 0. The number of primary amides is 1. The summed E-state index contributed by atoms with van der Waals surface area (Å²) in [4.78, 5) is 23.0. The first-order valence-corrected chi connectivity index (χ1v) is 6.28. The Balaban J connectivity index is 2.19. The van der Waals surface area contributed by atoms with Crippen LogP contribution in [0.4, 0.5) is 5.00 Å². The molecule has 1 aromatic carbocycles. The van der Waals surface area contributed by atoms with E-state index in [0.717, 1.165) is 0 Å². The predicted molar refractivity (Wildman–Crippen MR) is 72.2 cm³/mol. The topological polar surface area (TPSA) is 72.2 Å². The summed E-state index contributed by atoms with van der Waals surface area (Å²) in [5.41, 5.74) is 5.96. The zero-order valence-corrected chi connectivity index (χ0v) is 10.7. The van der Waals surface area contributed by atoms with E-state index in [4.69, 9.17) is 17.3 Å². The van der Waals surface area contributed by atoms with Gasteiger partial charge in [-0.2, -0.15) is 0 Å². The summed E-state index contributed by atoms with van der Waals surface area (Å²) in [6, 6.07) is 8.04. The first-order chi connectivity index (χ1) is 8.58. The third-order valence-electron chi connectivity index (χ3n) is 2.26. The lowest BCUT2D eigenvalue weighted by molar-refractivity contribution is 0.100. The Labute approximate surface area is 112 Å². The average molecular weight is 281 g/mol. The van der Waals surface area contributed by atoms with Gasteiger partial charge in [-0.05, 0) is 35.7 Å². The van der Waals surface area contributed by atoms with Crippen LogP contribution in [0.3, 0.4) is 0 Å². The van der Waals surface area contributed by atoms with Crippen molar-refractivity contribution in [2.45, 2.75) is 0 Å². The molecule has 0 fully saturated rings. The van der Waals surface area contributed by atoms with Crippen molar-refractivity contribution in [1.29, 1.82) is 0 Å². The van der Waals surface area contributed by atoms with Gasteiger partial charge < -0.3 is 11.1 Å². The summed E-state index contributed by atoms with van der Waals surface area (Å²) >= 11 is 6.98. The fourth-order valence-electron chi connectivity index (χ4n) is 1.38. The summed E-state index contributed by atoms with van der Waals surface area (Å²) in [7, 11) is 0. The van der Waals surface area contributed by atoms with Gasteiger partial charge in [0.25, 0.3) is 11.8 Å². The molecule has 0 bridgehead atoms. The van der Waals surface area contributed by atoms with Gasteiger partial charge in [-0.3, -0.25) is 9.59 Å². The van der Waals surface area contributed by atoms with Crippen molar-refractivity contribution >= 4 is 39.8 Å². The smallest absolute Gasteiger partial charge is 0.256 e. The lowest BCUT2D eigenvalue weighted by Crippen LogP contribution is -2.16. The third kappa shape index (κ3) is 2.69. The van der Waals surface area contributed by atoms with Gasteiger partial charge in [0.05, 0.1) is 5.56 Å². The summed E-state index contributed by atoms with van der Waals surface area (Å²) in [6.07, 6.45) is 0. The molecular formula is C12H9ClN2O2S. The number of amides is 2. The molecule has 1 aromatic heterocycles. The van der Waals surface area contributed by atoms with Gasteiger partial charge >= 0.3 is 0 Å². The molecule has 0 radical (unpaired) electrons. The van der Waals surface area contributed by atoms with Crippen molar-refractivity contribution in [3.05, 3.63) is 51.9 Å². The molecule has 2 aromatic rings. The minimum absolute atomic E-state index is 0.308. The zero-order valence-electron chi connectivity index (χ0n) is 9.14. The van der Waals surface area contributed by atoms with E-state index in [9.17, 15) is 9.59 Å². The molecule has 0 atom stereocenters. The molecule has 2 rings (SSSR count). The van der Waals surface area contributed by atoms with Crippen molar-refractivity contribution in [1.82, 2.24) is 0 Å². The van der Waals surface area contributed by atoms with Gasteiger partial charge in [-0.15, -0.1) is 11.3 Å². The summed E-state index contributed by atoms with van der Waals surface area (Å²) in [6.45, 7) is 0. The molecule has 0 saturated heterocycles. The number of rotatable bonds is 3. The highest BCUT2D eigenvalue weighted by Gasteiger charge is 2.13. The maximum atomic E-state index is 11.9. The van der Waals surface area contributed by atoms with Crippen molar-refractivity contribution in [3.63, 3.8) is 0 Å². The van der Waals surface area contributed by atoms with Gasteiger partial charge in [0.1, 0.15) is 5.00 Å². The molecule has 0 saturated carbocycles. The van der Waals surface area contributed by atoms with E-state index in [1.54, 1.807) is 35.7 Å². The van der Waals surface area contributed by atoms with Gasteiger partial charge in [0.15, 0.2) is 0 Å². The second-order valence-electron chi connectivity index (χ2n) is 3.49. The van der Waals surface area contributed by atoms with Gasteiger partial charge in [0, 0.05) is 10.6 Å². The lowest BCUT2D eigenvalue weighted by Gasteiger charge is -2.04. The number of nitrogens with one attached hydrogen (secondary N) is 1. The fourth-order valence-corrected chi connectivity index (χ4v) is 2.29. The molecule has 0 aliphatic carbocycles. The zero-order chi connectivity index (χ0) is 13.1. The molecule has 6 heteroatoms. The molecule has 1 heterocycles. The van der Waals surface area contributed by atoms with Crippen LogP contribution in [0, 0.1) is 0 Å². The quantitative estimate of drug-likeness (QED) is 0.907. The molecule has 92 valence electrons. The number of nitrogens with two attached hydrogens (primary N) is 1. The van der Waals surface area contributed by atoms with Crippen LogP contribution in [0.15, 0.2) is 35.7 Å². The fraction of sp³-hybridized carbons (Fsp3) is 0. The second kappa shape index (κ2) is 5.20. The molecule has 0 aliphatic heterocycles. The number of anilines is 1. The molecule has 0 spiro atoms. The van der Waals surface area contributed by atoms with E-state index in [-0.39, 0.29) is 5.91 Å². The van der Waals surface area contributed by atoms with Crippen LogP contribution in [0.2, 0.25) is 5.02 Å². The highest BCUT2D eigenvalue weighted by Crippen LogP contribution is 2.23. The number of carbonyl (C=O) groups is 2. The third-order valence-corrected chi connectivity index (χ3v) is 3.35. The molecule has 18 heavy (non-hydrogen) atoms. The molecule has 3 N–H and O–H groups in total. The monoisotopic (exact) mass is 280 g/mol. The first-order valence-electron chi connectivity index (χ1n) is 5.02. The lowest BCUT2D eigenvalue weighted by atomic mass is 10.2. The maximum absolute atomic E-state index is 11.9. The van der Waals surface area contributed by atoms with Gasteiger partial charge in [-0.25, -0.2) is 0 Å². The van der Waals surface area contributed by atoms with Crippen LogP contribution < -0.4 is 11.1 Å². The summed E-state index contributed by atoms with van der Waals surface area (Å²) in [5, 5.41) is 5.34. The van der Waals surface area contributed by atoms with Crippen LogP contribution in [-0.2, 0) is 0 Å². The largest absolute Gasteiger partial charge is 0.366 e. The minimum atomic E-state index is -0.567. The Morgan fingerprint density at radius 2 is 1.83 bits per heavy atom. The predicted octanol–water partition coefficient (Wildman–Crippen LogP) is 2.75. The average Bonchev–Trinajstić information content (AvgIpc) is 2.78. The van der Waals surface area contributed by atoms with Crippen LogP contribution in [0.5, 0.6) is 0 Å². The first kappa shape index (κ1) is 12.6. The van der Waals surface area contributed by atoms with Crippen LogP contribution in [0.25, 0.3) is 0 Å². The molecule has 2 amide bonds. The number of thiophene rings is 1. The van der Waals surface area contributed by atoms with E-state index in [2.05, 4.69) is 5.32 Å². The SMILES string of the molecule is NC(=O)c1ccsc1NC(=O)c1ccc(Cl)cc1. The normalized spacial score (nSPS) is 10.1. The molecule has 0 unspecified atom stereocenters. The van der Waals surface area contributed by atoms with Crippen molar-refractivity contribution in [2.24, 2.45) is 5.73 Å². The number of halogens is 1. The standard InChI is InChI=1S/C12H9ClN2O2S/c13-8-3-1-7(2-4-8)11(17)15-12-9(10(14)16)5-6-18-12/h1-6H,(H2,14,16)(H,15,17). The Morgan fingerprint density at radius 3 is 2.44 bits per heavy atom. The maximum Gasteiger partial charge on any atom is 0.256 e. The van der Waals surface area contributed by atoms with Crippen LogP contribution in [-0.4, -0.2) is 11.8 Å². The number of carbonyl (C=O) groups excluding carboxylic acids is 2. The molecule has 4 nitrogen and oxygen atoms in total. The highest BCUT2D eigenvalue weighted by molar-refractivity contribution is 7.14. The van der Waals surface area contributed by atoms with Crippen LogP contribution in [0.1, 0.15) is 20.7 Å². The second-order valence-corrected chi connectivity index (χ2v) is 4.84. The highest BCUT2D eigenvalue weighted by atomic mass is 35.5. The Hall–Kier alpha value is -1.85. The summed E-state index contributed by atoms with van der Waals surface area (Å²) in [5.74, 6) is -0.876. The van der Waals surface area contributed by atoms with Crippen LogP contribution >= 0.6 is 22.9 Å². The van der Waals surface area contributed by atoms with Crippen molar-refractivity contribution < 1.29 is 9.59 Å².